The fourth-order valence-corrected chi connectivity index (χ4v) is 2.20. The van der Waals surface area contributed by atoms with E-state index in [1.807, 2.05) is 0 Å². The summed E-state index contributed by atoms with van der Waals surface area (Å²) < 4.78 is 5.36. The van der Waals surface area contributed by atoms with E-state index in [0.29, 0.717) is 18.0 Å². The van der Waals surface area contributed by atoms with Gasteiger partial charge in [-0.15, -0.1) is 0 Å². The van der Waals surface area contributed by atoms with E-state index in [9.17, 15) is 0 Å². The molecule has 1 fully saturated rings. The lowest BCUT2D eigenvalue weighted by Gasteiger charge is -2.27. The molecule has 1 aliphatic carbocycles. The van der Waals surface area contributed by atoms with Gasteiger partial charge in [-0.25, -0.2) is 0 Å². The molecule has 0 aromatic rings. The highest BCUT2D eigenvalue weighted by Gasteiger charge is 2.20. The third kappa shape index (κ3) is 5.91. The number of ether oxygens (including phenoxy) is 1. The minimum absolute atomic E-state index is 0.0126. The van der Waals surface area contributed by atoms with E-state index in [1.54, 1.807) is 7.11 Å². The summed E-state index contributed by atoms with van der Waals surface area (Å²) in [5.41, 5.74) is 5.83. The van der Waals surface area contributed by atoms with Crippen molar-refractivity contribution < 1.29 is 4.74 Å². The highest BCUT2D eigenvalue weighted by atomic mass is 16.5. The molecule has 1 aliphatic rings. The van der Waals surface area contributed by atoms with Gasteiger partial charge in [0, 0.05) is 19.2 Å². The Morgan fingerprint density at radius 2 is 1.88 bits per heavy atom. The van der Waals surface area contributed by atoms with Crippen molar-refractivity contribution in [3.63, 3.8) is 0 Å². The predicted octanol–water partition coefficient (Wildman–Crippen LogP) is 1.89. The van der Waals surface area contributed by atoms with E-state index < -0.39 is 0 Å². The van der Waals surface area contributed by atoms with Crippen molar-refractivity contribution in [2.24, 2.45) is 16.6 Å². The van der Waals surface area contributed by atoms with Gasteiger partial charge in [-0.1, -0.05) is 0 Å². The quantitative estimate of drug-likeness (QED) is 0.586. The van der Waals surface area contributed by atoms with Crippen molar-refractivity contribution in [3.8, 4) is 0 Å². The van der Waals surface area contributed by atoms with Crippen molar-refractivity contribution in [1.82, 2.24) is 5.32 Å². The number of nitrogens with zero attached hydrogens (tertiary/aromatic N) is 1. The summed E-state index contributed by atoms with van der Waals surface area (Å²) in [7, 11) is 1.80. The van der Waals surface area contributed by atoms with Crippen LogP contribution in [0.25, 0.3) is 0 Å². The number of hydrogen-bond donors (Lipinski definition) is 2. The maximum absolute atomic E-state index is 5.84. The summed E-state index contributed by atoms with van der Waals surface area (Å²) in [6.07, 6.45) is 5.17. The van der Waals surface area contributed by atoms with Crippen LogP contribution in [-0.2, 0) is 4.74 Å². The fraction of sp³-hybridized carbons (Fsp3) is 0.923. The van der Waals surface area contributed by atoms with Crippen molar-refractivity contribution in [2.45, 2.75) is 58.1 Å². The van der Waals surface area contributed by atoms with Crippen molar-refractivity contribution in [1.29, 1.82) is 0 Å². The number of guanidine groups is 1. The minimum Gasteiger partial charge on any atom is -0.381 e. The first-order chi connectivity index (χ1) is 7.90. The topological polar surface area (TPSA) is 59.6 Å². The van der Waals surface area contributed by atoms with Crippen molar-refractivity contribution >= 4 is 5.96 Å². The van der Waals surface area contributed by atoms with Crippen molar-refractivity contribution in [3.05, 3.63) is 0 Å². The standard InChI is InChI=1S/C13H27N3O/c1-13(2,3)16-12(14)15-9-10-5-7-11(17-4)8-6-10/h10-11H,5-9H2,1-4H3,(H3,14,15,16). The molecule has 1 saturated carbocycles. The molecule has 0 amide bonds. The predicted molar refractivity (Wildman–Crippen MR) is 72.1 cm³/mol. The van der Waals surface area contributed by atoms with Crippen LogP contribution in [0.1, 0.15) is 46.5 Å². The van der Waals surface area contributed by atoms with Crippen LogP contribution in [0.15, 0.2) is 4.99 Å². The van der Waals surface area contributed by atoms with Crippen LogP contribution >= 0.6 is 0 Å². The second-order valence-corrected chi connectivity index (χ2v) is 5.98. The lowest BCUT2D eigenvalue weighted by atomic mass is 9.87. The van der Waals surface area contributed by atoms with E-state index in [2.05, 4.69) is 31.1 Å². The average Bonchev–Trinajstić information content (AvgIpc) is 2.25. The Balaban J connectivity index is 2.29. The summed E-state index contributed by atoms with van der Waals surface area (Å²) in [5, 5.41) is 3.18. The number of rotatable bonds is 3. The molecule has 17 heavy (non-hydrogen) atoms. The Kier molecular flexibility index (Phi) is 5.25. The van der Waals surface area contributed by atoms with Gasteiger partial charge in [0.05, 0.1) is 6.10 Å². The molecule has 0 radical (unpaired) electrons. The second-order valence-electron chi connectivity index (χ2n) is 5.98. The van der Waals surface area contributed by atoms with E-state index in [0.717, 1.165) is 19.4 Å². The number of nitrogens with one attached hydrogen (secondary N) is 1. The Labute approximate surface area is 105 Å². The molecule has 0 unspecified atom stereocenters. The van der Waals surface area contributed by atoms with Crippen LogP contribution in [0.4, 0.5) is 0 Å². The van der Waals surface area contributed by atoms with Crippen LogP contribution in [0.3, 0.4) is 0 Å². The molecule has 0 heterocycles. The normalized spacial score (nSPS) is 26.9. The van der Waals surface area contributed by atoms with Crippen LogP contribution < -0.4 is 11.1 Å². The van der Waals surface area contributed by atoms with Gasteiger partial charge in [0.2, 0.25) is 0 Å². The van der Waals surface area contributed by atoms with E-state index in [4.69, 9.17) is 10.5 Å². The van der Waals surface area contributed by atoms with E-state index >= 15 is 0 Å². The summed E-state index contributed by atoms with van der Waals surface area (Å²) >= 11 is 0. The molecule has 100 valence electrons. The summed E-state index contributed by atoms with van der Waals surface area (Å²) in [4.78, 5) is 4.43. The Bertz CT molecular complexity index is 250. The lowest BCUT2D eigenvalue weighted by molar-refractivity contribution is 0.0581. The lowest BCUT2D eigenvalue weighted by Crippen LogP contribution is -2.45. The highest BCUT2D eigenvalue weighted by Crippen LogP contribution is 2.25. The molecule has 0 aliphatic heterocycles. The molecule has 3 N–H and O–H groups in total. The Hall–Kier alpha value is -0.770. The molecule has 0 aromatic carbocycles. The summed E-state index contributed by atoms with van der Waals surface area (Å²) in [6, 6.07) is 0. The molecule has 1 rings (SSSR count). The van der Waals surface area contributed by atoms with E-state index in [1.165, 1.54) is 12.8 Å². The number of nitrogens with two attached hydrogens (primary N) is 1. The largest absolute Gasteiger partial charge is 0.381 e. The van der Waals surface area contributed by atoms with Gasteiger partial charge in [0.15, 0.2) is 5.96 Å². The SMILES string of the molecule is COC1CCC(CN=C(N)NC(C)(C)C)CC1. The number of hydrogen-bond acceptors (Lipinski definition) is 2. The molecule has 0 spiro atoms. The van der Waals surface area contributed by atoms with Crippen LogP contribution in [0, 0.1) is 5.92 Å². The van der Waals surface area contributed by atoms with Crippen LogP contribution in [-0.4, -0.2) is 31.3 Å². The third-order valence-corrected chi connectivity index (χ3v) is 3.15. The third-order valence-electron chi connectivity index (χ3n) is 3.15. The van der Waals surface area contributed by atoms with Gasteiger partial charge < -0.3 is 15.8 Å². The summed E-state index contributed by atoms with van der Waals surface area (Å²) in [6.45, 7) is 7.09. The summed E-state index contributed by atoms with van der Waals surface area (Å²) in [5.74, 6) is 1.23. The van der Waals surface area contributed by atoms with Gasteiger partial charge in [-0.05, 0) is 52.4 Å². The van der Waals surface area contributed by atoms with E-state index in [-0.39, 0.29) is 5.54 Å². The van der Waals surface area contributed by atoms with Gasteiger partial charge >= 0.3 is 0 Å². The smallest absolute Gasteiger partial charge is 0.188 e. The second kappa shape index (κ2) is 6.24. The first kappa shape index (κ1) is 14.3. The molecule has 4 heteroatoms. The first-order valence-electron chi connectivity index (χ1n) is 6.51. The van der Waals surface area contributed by atoms with Gasteiger partial charge in [-0.2, -0.15) is 0 Å². The average molecular weight is 241 g/mol. The molecule has 4 nitrogen and oxygen atoms in total. The molecule has 0 bridgehead atoms. The van der Waals surface area contributed by atoms with Gasteiger partial charge in [0.25, 0.3) is 0 Å². The molecular formula is C13H27N3O. The fourth-order valence-electron chi connectivity index (χ4n) is 2.20. The Morgan fingerprint density at radius 1 is 1.29 bits per heavy atom. The monoisotopic (exact) mass is 241 g/mol. The molecule has 0 atom stereocenters. The van der Waals surface area contributed by atoms with Crippen molar-refractivity contribution in [2.75, 3.05) is 13.7 Å². The highest BCUT2D eigenvalue weighted by molar-refractivity contribution is 5.78. The Morgan fingerprint density at radius 3 is 2.35 bits per heavy atom. The maximum Gasteiger partial charge on any atom is 0.188 e. The molecule has 0 aromatic heterocycles. The van der Waals surface area contributed by atoms with Gasteiger partial charge in [0.1, 0.15) is 0 Å². The number of methoxy groups -OCH3 is 1. The first-order valence-corrected chi connectivity index (χ1v) is 6.51. The maximum atomic E-state index is 5.84. The molecular weight excluding hydrogens is 214 g/mol. The zero-order chi connectivity index (χ0) is 12.9. The van der Waals surface area contributed by atoms with Crippen LogP contribution in [0.5, 0.6) is 0 Å². The molecule has 0 saturated heterocycles. The zero-order valence-corrected chi connectivity index (χ0v) is 11.6. The van der Waals surface area contributed by atoms with Gasteiger partial charge in [-0.3, -0.25) is 4.99 Å². The number of aliphatic imine (C=N–C) groups is 1. The zero-order valence-electron chi connectivity index (χ0n) is 11.6. The van der Waals surface area contributed by atoms with Crippen LogP contribution in [0.2, 0.25) is 0 Å². The minimum atomic E-state index is -0.0126.